The van der Waals surface area contributed by atoms with E-state index in [2.05, 4.69) is 27.7 Å². The zero-order chi connectivity index (χ0) is 15.8. The maximum atomic E-state index is 5.60. The molecule has 2 heteroatoms. The van der Waals surface area contributed by atoms with Crippen LogP contribution in [0.4, 0.5) is 0 Å². The van der Waals surface area contributed by atoms with Crippen LogP contribution in [0.5, 0.6) is 0 Å². The summed E-state index contributed by atoms with van der Waals surface area (Å²) in [6.07, 6.45) is 13.8. The van der Waals surface area contributed by atoms with E-state index in [4.69, 9.17) is 9.47 Å². The summed E-state index contributed by atoms with van der Waals surface area (Å²) in [7, 11) is 0. The summed E-state index contributed by atoms with van der Waals surface area (Å²) >= 11 is 0. The van der Waals surface area contributed by atoms with E-state index >= 15 is 0 Å². The van der Waals surface area contributed by atoms with Crippen molar-refractivity contribution < 1.29 is 9.47 Å². The SMILES string of the molecule is CCCCCCCCCCCCOCCOCC(C)(C)C. The summed E-state index contributed by atoms with van der Waals surface area (Å²) < 4.78 is 11.2. The van der Waals surface area contributed by atoms with Crippen LogP contribution in [-0.2, 0) is 9.47 Å². The first-order valence-electron chi connectivity index (χ1n) is 9.22. The number of hydrogen-bond donors (Lipinski definition) is 0. The van der Waals surface area contributed by atoms with Crippen molar-refractivity contribution in [3.05, 3.63) is 0 Å². The van der Waals surface area contributed by atoms with Gasteiger partial charge < -0.3 is 9.47 Å². The lowest BCUT2D eigenvalue weighted by atomic mass is 9.99. The molecular weight excluding hydrogens is 260 g/mol. The summed E-state index contributed by atoms with van der Waals surface area (Å²) in [6.45, 7) is 12.0. The van der Waals surface area contributed by atoms with Gasteiger partial charge in [-0.05, 0) is 11.8 Å². The molecule has 128 valence electrons. The normalized spacial score (nSPS) is 12.0. The van der Waals surface area contributed by atoms with Gasteiger partial charge in [0.15, 0.2) is 0 Å². The molecule has 0 spiro atoms. The fraction of sp³-hybridized carbons (Fsp3) is 1.00. The topological polar surface area (TPSA) is 18.5 Å². The van der Waals surface area contributed by atoms with Gasteiger partial charge in [0.05, 0.1) is 19.8 Å². The highest BCUT2D eigenvalue weighted by molar-refractivity contribution is 4.58. The van der Waals surface area contributed by atoms with Crippen molar-refractivity contribution in [2.24, 2.45) is 5.41 Å². The molecule has 0 aliphatic heterocycles. The first-order valence-corrected chi connectivity index (χ1v) is 9.22. The molecular formula is C19H40O2. The van der Waals surface area contributed by atoms with Crippen molar-refractivity contribution in [1.29, 1.82) is 0 Å². The Balaban J connectivity index is 3.00. The molecule has 0 saturated carbocycles. The van der Waals surface area contributed by atoms with Gasteiger partial charge in [0, 0.05) is 6.61 Å². The summed E-state index contributed by atoms with van der Waals surface area (Å²) in [4.78, 5) is 0. The Labute approximate surface area is 134 Å². The van der Waals surface area contributed by atoms with Gasteiger partial charge in [-0.2, -0.15) is 0 Å². The summed E-state index contributed by atoms with van der Waals surface area (Å²) in [5.41, 5.74) is 0.260. The van der Waals surface area contributed by atoms with Crippen LogP contribution in [0.3, 0.4) is 0 Å². The van der Waals surface area contributed by atoms with Crippen LogP contribution in [0.1, 0.15) is 91.9 Å². The van der Waals surface area contributed by atoms with Crippen LogP contribution in [0.25, 0.3) is 0 Å². The maximum absolute atomic E-state index is 5.60. The van der Waals surface area contributed by atoms with Crippen molar-refractivity contribution in [2.75, 3.05) is 26.4 Å². The lowest BCUT2D eigenvalue weighted by Gasteiger charge is -2.17. The zero-order valence-electron chi connectivity index (χ0n) is 15.2. The molecule has 0 unspecified atom stereocenters. The monoisotopic (exact) mass is 300 g/mol. The Hall–Kier alpha value is -0.0800. The van der Waals surface area contributed by atoms with Crippen LogP contribution in [0.2, 0.25) is 0 Å². The third-order valence-corrected chi connectivity index (χ3v) is 3.55. The molecule has 0 aliphatic carbocycles. The second-order valence-corrected chi connectivity index (χ2v) is 7.41. The highest BCUT2D eigenvalue weighted by atomic mass is 16.5. The summed E-state index contributed by atoms with van der Waals surface area (Å²) in [5.74, 6) is 0. The molecule has 0 heterocycles. The van der Waals surface area contributed by atoms with Gasteiger partial charge in [0.25, 0.3) is 0 Å². The van der Waals surface area contributed by atoms with Crippen molar-refractivity contribution in [3.8, 4) is 0 Å². The molecule has 0 aromatic heterocycles. The molecule has 0 bridgehead atoms. The Bertz CT molecular complexity index is 196. The smallest absolute Gasteiger partial charge is 0.0700 e. The van der Waals surface area contributed by atoms with Crippen LogP contribution in [-0.4, -0.2) is 26.4 Å². The Morgan fingerprint density at radius 2 is 1.05 bits per heavy atom. The average Bonchev–Trinajstić information content (AvgIpc) is 2.42. The standard InChI is InChI=1S/C19H40O2/c1-5-6-7-8-9-10-11-12-13-14-15-20-16-17-21-18-19(2,3)4/h5-18H2,1-4H3. The second kappa shape index (κ2) is 14.8. The molecule has 0 saturated heterocycles. The number of rotatable bonds is 15. The molecule has 0 atom stereocenters. The minimum atomic E-state index is 0.260. The largest absolute Gasteiger partial charge is 0.379 e. The minimum absolute atomic E-state index is 0.260. The predicted molar refractivity (Wildman–Crippen MR) is 92.9 cm³/mol. The molecule has 0 radical (unpaired) electrons. The lowest BCUT2D eigenvalue weighted by Crippen LogP contribution is -2.17. The Morgan fingerprint density at radius 1 is 0.571 bits per heavy atom. The van der Waals surface area contributed by atoms with E-state index in [-0.39, 0.29) is 5.41 Å². The molecule has 0 rings (SSSR count). The number of ether oxygens (including phenoxy) is 2. The Kier molecular flexibility index (Phi) is 14.8. The van der Waals surface area contributed by atoms with E-state index in [0.29, 0.717) is 0 Å². The molecule has 0 aromatic carbocycles. The maximum Gasteiger partial charge on any atom is 0.0700 e. The lowest BCUT2D eigenvalue weighted by molar-refractivity contribution is 0.0186. The van der Waals surface area contributed by atoms with Crippen molar-refractivity contribution in [3.63, 3.8) is 0 Å². The van der Waals surface area contributed by atoms with E-state index in [1.54, 1.807) is 0 Å². The average molecular weight is 301 g/mol. The highest BCUT2D eigenvalue weighted by Crippen LogP contribution is 2.12. The van der Waals surface area contributed by atoms with Gasteiger partial charge in [0.2, 0.25) is 0 Å². The van der Waals surface area contributed by atoms with Gasteiger partial charge in [-0.15, -0.1) is 0 Å². The molecule has 0 N–H and O–H groups in total. The molecule has 2 nitrogen and oxygen atoms in total. The van der Waals surface area contributed by atoms with Crippen molar-refractivity contribution in [1.82, 2.24) is 0 Å². The van der Waals surface area contributed by atoms with Crippen LogP contribution < -0.4 is 0 Å². The molecule has 0 amide bonds. The summed E-state index contributed by atoms with van der Waals surface area (Å²) in [6, 6.07) is 0. The first kappa shape index (κ1) is 20.9. The van der Waals surface area contributed by atoms with Gasteiger partial charge in [-0.1, -0.05) is 85.5 Å². The Morgan fingerprint density at radius 3 is 1.57 bits per heavy atom. The molecule has 0 fully saturated rings. The third kappa shape index (κ3) is 19.9. The fourth-order valence-electron chi connectivity index (χ4n) is 2.29. The second-order valence-electron chi connectivity index (χ2n) is 7.41. The molecule has 0 aliphatic rings. The van der Waals surface area contributed by atoms with Crippen molar-refractivity contribution in [2.45, 2.75) is 91.9 Å². The number of hydrogen-bond acceptors (Lipinski definition) is 2. The fourth-order valence-corrected chi connectivity index (χ4v) is 2.29. The number of unbranched alkanes of at least 4 members (excludes halogenated alkanes) is 9. The van der Waals surface area contributed by atoms with E-state index in [1.807, 2.05) is 0 Å². The van der Waals surface area contributed by atoms with E-state index in [9.17, 15) is 0 Å². The van der Waals surface area contributed by atoms with Gasteiger partial charge in [-0.3, -0.25) is 0 Å². The third-order valence-electron chi connectivity index (χ3n) is 3.55. The van der Waals surface area contributed by atoms with Crippen LogP contribution in [0, 0.1) is 5.41 Å². The minimum Gasteiger partial charge on any atom is -0.379 e. The molecule has 0 aromatic rings. The summed E-state index contributed by atoms with van der Waals surface area (Å²) in [5, 5.41) is 0. The first-order chi connectivity index (χ1) is 10.1. The van der Waals surface area contributed by atoms with Gasteiger partial charge in [0.1, 0.15) is 0 Å². The van der Waals surface area contributed by atoms with Crippen molar-refractivity contribution >= 4 is 0 Å². The van der Waals surface area contributed by atoms with Crippen LogP contribution >= 0.6 is 0 Å². The van der Waals surface area contributed by atoms with Gasteiger partial charge in [-0.25, -0.2) is 0 Å². The van der Waals surface area contributed by atoms with Crippen LogP contribution in [0.15, 0.2) is 0 Å². The quantitative estimate of drug-likeness (QED) is 0.346. The van der Waals surface area contributed by atoms with E-state index in [1.165, 1.54) is 64.2 Å². The highest BCUT2D eigenvalue weighted by Gasteiger charge is 2.09. The molecule has 21 heavy (non-hydrogen) atoms. The van der Waals surface area contributed by atoms with Gasteiger partial charge >= 0.3 is 0 Å². The predicted octanol–water partition coefficient (Wildman–Crippen LogP) is 5.99. The van der Waals surface area contributed by atoms with E-state index in [0.717, 1.165) is 26.4 Å². The zero-order valence-corrected chi connectivity index (χ0v) is 15.2. The van der Waals surface area contributed by atoms with E-state index < -0.39 is 0 Å².